The van der Waals surface area contributed by atoms with Crippen LogP contribution in [0.25, 0.3) is 0 Å². The highest BCUT2D eigenvalue weighted by Crippen LogP contribution is 2.15. The number of carbonyl (C=O) groups is 2. The summed E-state index contributed by atoms with van der Waals surface area (Å²) in [6.07, 6.45) is 1.18. The van der Waals surface area contributed by atoms with E-state index in [1.165, 1.54) is 0 Å². The molecule has 26 heavy (non-hydrogen) atoms. The van der Waals surface area contributed by atoms with Crippen molar-refractivity contribution >= 4 is 33.2 Å². The van der Waals surface area contributed by atoms with Crippen LogP contribution in [-0.2, 0) is 14.8 Å². The number of carbonyl (C=O) groups excluding carboxylic acids is 2. The van der Waals surface area contributed by atoms with E-state index in [9.17, 15) is 18.0 Å². The number of sulfonamides is 1. The van der Waals surface area contributed by atoms with Crippen molar-refractivity contribution in [1.29, 1.82) is 0 Å². The van der Waals surface area contributed by atoms with Crippen molar-refractivity contribution in [2.45, 2.75) is 19.4 Å². The highest BCUT2D eigenvalue weighted by atomic mass is 32.2. The summed E-state index contributed by atoms with van der Waals surface area (Å²) in [4.78, 5) is 24.1. The summed E-state index contributed by atoms with van der Waals surface area (Å²) in [6.45, 7) is 1.75. The van der Waals surface area contributed by atoms with Crippen LogP contribution in [0.2, 0.25) is 0 Å². The summed E-state index contributed by atoms with van der Waals surface area (Å²) in [6, 6.07) is 14.7. The van der Waals surface area contributed by atoms with Crippen LogP contribution in [0.5, 0.6) is 0 Å². The maximum atomic E-state index is 12.1. The van der Waals surface area contributed by atoms with Gasteiger partial charge in [-0.2, -0.15) is 0 Å². The summed E-state index contributed by atoms with van der Waals surface area (Å²) in [5, 5.41) is 5.48. The first kappa shape index (κ1) is 19.5. The van der Waals surface area contributed by atoms with Gasteiger partial charge in [-0.15, -0.1) is 0 Å². The zero-order valence-electron chi connectivity index (χ0n) is 14.5. The Balaban J connectivity index is 1.85. The fraction of sp³-hybridized carbons (Fsp3) is 0.222. The number of rotatable bonds is 7. The van der Waals surface area contributed by atoms with Gasteiger partial charge in [-0.25, -0.2) is 8.42 Å². The van der Waals surface area contributed by atoms with Crippen LogP contribution in [0.4, 0.5) is 11.4 Å². The Bertz CT molecular complexity index is 865. The first-order chi connectivity index (χ1) is 12.2. The van der Waals surface area contributed by atoms with Crippen molar-refractivity contribution < 1.29 is 18.0 Å². The largest absolute Gasteiger partial charge is 0.349 e. The molecule has 0 saturated carbocycles. The number of anilines is 2. The second-order valence-electron chi connectivity index (χ2n) is 5.94. The van der Waals surface area contributed by atoms with E-state index in [2.05, 4.69) is 15.4 Å². The first-order valence-electron chi connectivity index (χ1n) is 7.96. The topological polar surface area (TPSA) is 104 Å². The molecular formula is C18H21N3O4S. The van der Waals surface area contributed by atoms with E-state index < -0.39 is 10.0 Å². The molecule has 2 amide bonds. The van der Waals surface area contributed by atoms with E-state index in [-0.39, 0.29) is 24.3 Å². The predicted octanol–water partition coefficient (Wildman–Crippen LogP) is 2.21. The van der Waals surface area contributed by atoms with E-state index in [1.54, 1.807) is 55.5 Å². The van der Waals surface area contributed by atoms with Crippen molar-refractivity contribution in [1.82, 2.24) is 5.32 Å². The molecule has 1 atom stereocenters. The lowest BCUT2D eigenvalue weighted by molar-refractivity contribution is -0.116. The minimum atomic E-state index is -3.34. The number of benzene rings is 2. The van der Waals surface area contributed by atoms with E-state index in [0.29, 0.717) is 16.9 Å². The van der Waals surface area contributed by atoms with E-state index in [0.717, 1.165) is 6.26 Å². The number of hydrogen-bond acceptors (Lipinski definition) is 4. The Morgan fingerprint density at radius 3 is 2.12 bits per heavy atom. The summed E-state index contributed by atoms with van der Waals surface area (Å²) in [7, 11) is -3.34. The fourth-order valence-electron chi connectivity index (χ4n) is 2.27. The van der Waals surface area contributed by atoms with Gasteiger partial charge < -0.3 is 10.6 Å². The Morgan fingerprint density at radius 1 is 0.962 bits per heavy atom. The highest BCUT2D eigenvalue weighted by molar-refractivity contribution is 7.92. The molecule has 0 radical (unpaired) electrons. The molecule has 138 valence electrons. The molecular weight excluding hydrogens is 354 g/mol. The molecule has 0 aliphatic heterocycles. The zero-order valence-corrected chi connectivity index (χ0v) is 15.3. The maximum absolute atomic E-state index is 12.1. The maximum Gasteiger partial charge on any atom is 0.251 e. The molecule has 0 bridgehead atoms. The Labute approximate surface area is 152 Å². The molecule has 2 aromatic rings. The van der Waals surface area contributed by atoms with E-state index in [4.69, 9.17) is 0 Å². The van der Waals surface area contributed by atoms with Crippen molar-refractivity contribution in [3.05, 3.63) is 60.2 Å². The van der Waals surface area contributed by atoms with Crippen molar-refractivity contribution in [3.63, 3.8) is 0 Å². The lowest BCUT2D eigenvalue weighted by Gasteiger charge is -2.14. The number of amides is 2. The molecule has 0 fully saturated rings. The van der Waals surface area contributed by atoms with E-state index in [1.807, 2.05) is 6.07 Å². The molecule has 0 spiro atoms. The fourth-order valence-corrected chi connectivity index (χ4v) is 2.84. The molecule has 8 heteroatoms. The van der Waals surface area contributed by atoms with Gasteiger partial charge in [0.25, 0.3) is 5.91 Å². The third kappa shape index (κ3) is 6.56. The highest BCUT2D eigenvalue weighted by Gasteiger charge is 2.13. The van der Waals surface area contributed by atoms with Gasteiger partial charge in [0.15, 0.2) is 0 Å². The van der Waals surface area contributed by atoms with Gasteiger partial charge in [-0.1, -0.05) is 18.2 Å². The second-order valence-corrected chi connectivity index (χ2v) is 7.69. The van der Waals surface area contributed by atoms with Gasteiger partial charge in [0.1, 0.15) is 0 Å². The third-order valence-corrected chi connectivity index (χ3v) is 3.98. The summed E-state index contributed by atoms with van der Waals surface area (Å²) in [5.41, 5.74) is 1.48. The van der Waals surface area contributed by atoms with Gasteiger partial charge in [0, 0.05) is 29.4 Å². The minimum absolute atomic E-state index is 0.113. The van der Waals surface area contributed by atoms with Crippen LogP contribution < -0.4 is 15.4 Å². The SMILES string of the molecule is CC(CC(=O)Nc1ccc(NS(C)(=O)=O)cc1)NC(=O)c1ccccc1. The van der Waals surface area contributed by atoms with Crippen LogP contribution in [0.1, 0.15) is 23.7 Å². The Kier molecular flexibility index (Phi) is 6.35. The van der Waals surface area contributed by atoms with Crippen molar-refractivity contribution in [2.24, 2.45) is 0 Å². The van der Waals surface area contributed by atoms with Gasteiger partial charge in [-0.05, 0) is 43.3 Å². The number of hydrogen-bond donors (Lipinski definition) is 3. The van der Waals surface area contributed by atoms with Crippen LogP contribution in [0.15, 0.2) is 54.6 Å². The second kappa shape index (κ2) is 8.48. The summed E-state index contributed by atoms with van der Waals surface area (Å²) < 4.78 is 24.7. The average Bonchev–Trinajstić information content (AvgIpc) is 2.56. The number of nitrogens with one attached hydrogen (secondary N) is 3. The lowest BCUT2D eigenvalue weighted by atomic mass is 10.1. The molecule has 0 saturated heterocycles. The summed E-state index contributed by atoms with van der Waals surface area (Å²) in [5.74, 6) is -0.489. The third-order valence-electron chi connectivity index (χ3n) is 3.38. The van der Waals surface area contributed by atoms with Gasteiger partial charge >= 0.3 is 0 Å². The molecule has 3 N–H and O–H groups in total. The smallest absolute Gasteiger partial charge is 0.251 e. The quantitative estimate of drug-likeness (QED) is 0.690. The first-order valence-corrected chi connectivity index (χ1v) is 9.86. The molecule has 0 aromatic heterocycles. The predicted molar refractivity (Wildman–Crippen MR) is 102 cm³/mol. The Hall–Kier alpha value is -2.87. The van der Waals surface area contributed by atoms with Crippen molar-refractivity contribution in [2.75, 3.05) is 16.3 Å². The monoisotopic (exact) mass is 375 g/mol. The Morgan fingerprint density at radius 2 is 1.54 bits per heavy atom. The minimum Gasteiger partial charge on any atom is -0.349 e. The van der Waals surface area contributed by atoms with Gasteiger partial charge in [0.2, 0.25) is 15.9 Å². The van der Waals surface area contributed by atoms with Crippen LogP contribution >= 0.6 is 0 Å². The molecule has 1 unspecified atom stereocenters. The standard InChI is InChI=1S/C18H21N3O4S/c1-13(19-18(23)14-6-4-3-5-7-14)12-17(22)20-15-8-10-16(11-9-15)21-26(2,24)25/h3-11,13,21H,12H2,1-2H3,(H,19,23)(H,20,22). The molecule has 2 aromatic carbocycles. The zero-order chi connectivity index (χ0) is 19.2. The lowest BCUT2D eigenvalue weighted by Crippen LogP contribution is -2.35. The molecule has 0 heterocycles. The molecule has 0 aliphatic carbocycles. The molecule has 2 rings (SSSR count). The van der Waals surface area contributed by atoms with E-state index >= 15 is 0 Å². The molecule has 0 aliphatic rings. The normalized spacial score (nSPS) is 12.1. The van der Waals surface area contributed by atoms with Crippen LogP contribution in [0.3, 0.4) is 0 Å². The average molecular weight is 375 g/mol. The van der Waals surface area contributed by atoms with Crippen LogP contribution in [-0.4, -0.2) is 32.5 Å². The molecule has 7 nitrogen and oxygen atoms in total. The van der Waals surface area contributed by atoms with Crippen molar-refractivity contribution in [3.8, 4) is 0 Å². The van der Waals surface area contributed by atoms with Crippen LogP contribution in [0, 0.1) is 0 Å². The van der Waals surface area contributed by atoms with Gasteiger partial charge in [-0.3, -0.25) is 14.3 Å². The van der Waals surface area contributed by atoms with Gasteiger partial charge in [0.05, 0.1) is 6.26 Å². The summed E-state index contributed by atoms with van der Waals surface area (Å²) >= 11 is 0.